The summed E-state index contributed by atoms with van der Waals surface area (Å²) >= 11 is 1.51. The van der Waals surface area contributed by atoms with Crippen LogP contribution in [-0.2, 0) is 0 Å². The fourth-order valence-corrected chi connectivity index (χ4v) is 2.61. The molecular formula is C15H16O2S. The molecule has 0 aliphatic heterocycles. The zero-order valence-electron chi connectivity index (χ0n) is 10.8. The van der Waals surface area contributed by atoms with E-state index in [1.165, 1.54) is 11.3 Å². The van der Waals surface area contributed by atoms with E-state index in [1.54, 1.807) is 0 Å². The Kier molecular flexibility index (Phi) is 3.82. The number of rotatable bonds is 4. The van der Waals surface area contributed by atoms with Gasteiger partial charge >= 0.3 is 0 Å². The molecule has 0 bridgehead atoms. The Labute approximate surface area is 111 Å². The maximum Gasteiger partial charge on any atom is 0.210 e. The number of aryl methyl sites for hydroxylation is 3. The summed E-state index contributed by atoms with van der Waals surface area (Å²) in [6.07, 6.45) is 0. The predicted octanol–water partition coefficient (Wildman–Crippen LogP) is 3.94. The summed E-state index contributed by atoms with van der Waals surface area (Å²) in [5.74, 6) is 0.793. The molecule has 0 radical (unpaired) electrons. The maximum atomic E-state index is 11.9. The summed E-state index contributed by atoms with van der Waals surface area (Å²) in [5, 5.41) is 0. The average molecular weight is 260 g/mol. The van der Waals surface area contributed by atoms with Gasteiger partial charge in [0.2, 0.25) is 5.78 Å². The van der Waals surface area contributed by atoms with Crippen LogP contribution in [0.5, 0.6) is 5.75 Å². The molecule has 2 nitrogen and oxygen atoms in total. The van der Waals surface area contributed by atoms with Gasteiger partial charge in [0.05, 0.1) is 4.88 Å². The van der Waals surface area contributed by atoms with Crippen molar-refractivity contribution in [2.75, 3.05) is 6.61 Å². The van der Waals surface area contributed by atoms with E-state index in [-0.39, 0.29) is 12.4 Å². The van der Waals surface area contributed by atoms with Crippen LogP contribution in [0.2, 0.25) is 0 Å². The lowest BCUT2D eigenvalue weighted by atomic mass is 10.1. The first-order chi connectivity index (χ1) is 8.54. The van der Waals surface area contributed by atoms with Crippen molar-refractivity contribution in [3.8, 4) is 5.75 Å². The number of ether oxygens (including phenoxy) is 1. The summed E-state index contributed by atoms with van der Waals surface area (Å²) in [7, 11) is 0. The second kappa shape index (κ2) is 5.36. The number of hydrogen-bond acceptors (Lipinski definition) is 3. The van der Waals surface area contributed by atoms with Gasteiger partial charge in [0, 0.05) is 4.88 Å². The van der Waals surface area contributed by atoms with Gasteiger partial charge in [0.15, 0.2) is 6.61 Å². The van der Waals surface area contributed by atoms with E-state index in [4.69, 9.17) is 4.74 Å². The van der Waals surface area contributed by atoms with Crippen LogP contribution in [0.4, 0.5) is 0 Å². The number of carbonyl (C=O) groups is 1. The molecular weight excluding hydrogens is 244 g/mol. The van der Waals surface area contributed by atoms with Crippen molar-refractivity contribution >= 4 is 17.1 Å². The highest BCUT2D eigenvalue weighted by molar-refractivity contribution is 7.14. The molecule has 2 aromatic rings. The molecule has 0 fully saturated rings. The van der Waals surface area contributed by atoms with Gasteiger partial charge in [0.1, 0.15) is 5.75 Å². The van der Waals surface area contributed by atoms with Gasteiger partial charge in [0.25, 0.3) is 0 Å². The van der Waals surface area contributed by atoms with Crippen LogP contribution in [0, 0.1) is 20.8 Å². The molecule has 1 aromatic carbocycles. The third-order valence-corrected chi connectivity index (χ3v) is 3.62. The van der Waals surface area contributed by atoms with Gasteiger partial charge in [-0.15, -0.1) is 11.3 Å². The zero-order chi connectivity index (χ0) is 13.1. The first-order valence-corrected chi connectivity index (χ1v) is 6.67. The molecule has 0 unspecified atom stereocenters. The molecule has 0 spiro atoms. The van der Waals surface area contributed by atoms with Crippen LogP contribution < -0.4 is 4.74 Å². The molecule has 0 aliphatic rings. The van der Waals surface area contributed by atoms with Crippen molar-refractivity contribution in [1.29, 1.82) is 0 Å². The number of thiophene rings is 1. The molecule has 0 amide bonds. The highest BCUT2D eigenvalue weighted by Crippen LogP contribution is 2.18. The van der Waals surface area contributed by atoms with E-state index in [1.807, 2.05) is 45.0 Å². The van der Waals surface area contributed by atoms with Crippen LogP contribution >= 0.6 is 11.3 Å². The molecule has 3 heteroatoms. The Balaban J connectivity index is 2.01. The Morgan fingerprint density at radius 3 is 2.33 bits per heavy atom. The van der Waals surface area contributed by atoms with Crippen LogP contribution in [0.3, 0.4) is 0 Å². The van der Waals surface area contributed by atoms with Gasteiger partial charge in [-0.25, -0.2) is 0 Å². The number of hydrogen-bond donors (Lipinski definition) is 0. The Morgan fingerprint density at radius 2 is 1.78 bits per heavy atom. The van der Waals surface area contributed by atoms with Gasteiger partial charge < -0.3 is 4.74 Å². The lowest BCUT2D eigenvalue weighted by molar-refractivity contribution is 0.0925. The fourth-order valence-electron chi connectivity index (χ4n) is 1.82. The number of Topliss-reactive ketones (excluding diaryl/α,β-unsaturated/α-hetero) is 1. The largest absolute Gasteiger partial charge is 0.485 e. The smallest absolute Gasteiger partial charge is 0.210 e. The normalized spacial score (nSPS) is 10.4. The first kappa shape index (κ1) is 12.8. The van der Waals surface area contributed by atoms with Crippen molar-refractivity contribution in [1.82, 2.24) is 0 Å². The van der Waals surface area contributed by atoms with E-state index in [0.29, 0.717) is 0 Å². The molecule has 1 heterocycles. The Bertz CT molecular complexity index is 549. The maximum absolute atomic E-state index is 11.9. The highest BCUT2D eigenvalue weighted by atomic mass is 32.1. The van der Waals surface area contributed by atoms with E-state index >= 15 is 0 Å². The molecule has 1 aromatic heterocycles. The van der Waals surface area contributed by atoms with Crippen molar-refractivity contribution in [3.05, 3.63) is 51.2 Å². The van der Waals surface area contributed by atoms with Gasteiger partial charge in [-0.05, 0) is 56.2 Å². The third kappa shape index (κ3) is 3.20. The van der Waals surface area contributed by atoms with Gasteiger partial charge in [-0.1, -0.05) is 6.07 Å². The first-order valence-electron chi connectivity index (χ1n) is 5.85. The van der Waals surface area contributed by atoms with E-state index in [9.17, 15) is 4.79 Å². The second-order valence-corrected chi connectivity index (χ2v) is 5.73. The lowest BCUT2D eigenvalue weighted by Crippen LogP contribution is -2.10. The van der Waals surface area contributed by atoms with Gasteiger partial charge in [-0.2, -0.15) is 0 Å². The summed E-state index contributed by atoms with van der Waals surface area (Å²) in [6, 6.07) is 9.78. The summed E-state index contributed by atoms with van der Waals surface area (Å²) < 4.78 is 5.55. The second-order valence-electron chi connectivity index (χ2n) is 4.45. The zero-order valence-corrected chi connectivity index (χ0v) is 11.6. The van der Waals surface area contributed by atoms with Crippen molar-refractivity contribution < 1.29 is 9.53 Å². The standard InChI is InChI=1S/C15H16O2S/c1-10-6-11(2)8-13(7-10)17-9-14(16)15-5-4-12(3)18-15/h4-8H,9H2,1-3H3. The predicted molar refractivity (Wildman–Crippen MR) is 74.8 cm³/mol. The molecule has 0 saturated carbocycles. The molecule has 18 heavy (non-hydrogen) atoms. The summed E-state index contributed by atoms with van der Waals surface area (Å²) in [4.78, 5) is 13.8. The lowest BCUT2D eigenvalue weighted by Gasteiger charge is -2.06. The minimum absolute atomic E-state index is 0.0345. The van der Waals surface area contributed by atoms with Crippen LogP contribution in [-0.4, -0.2) is 12.4 Å². The fraction of sp³-hybridized carbons (Fsp3) is 0.267. The van der Waals surface area contributed by atoms with Crippen molar-refractivity contribution in [2.24, 2.45) is 0 Å². The number of benzene rings is 1. The van der Waals surface area contributed by atoms with Crippen LogP contribution in [0.25, 0.3) is 0 Å². The monoisotopic (exact) mass is 260 g/mol. The third-order valence-electron chi connectivity index (χ3n) is 2.58. The van der Waals surface area contributed by atoms with E-state index in [0.717, 1.165) is 26.6 Å². The minimum Gasteiger partial charge on any atom is -0.485 e. The highest BCUT2D eigenvalue weighted by Gasteiger charge is 2.09. The summed E-state index contributed by atoms with van der Waals surface area (Å²) in [5.41, 5.74) is 2.29. The Morgan fingerprint density at radius 1 is 1.11 bits per heavy atom. The Hall–Kier alpha value is -1.61. The van der Waals surface area contributed by atoms with Crippen molar-refractivity contribution in [2.45, 2.75) is 20.8 Å². The molecule has 2 rings (SSSR count). The average Bonchev–Trinajstić information content (AvgIpc) is 2.71. The van der Waals surface area contributed by atoms with Crippen molar-refractivity contribution in [3.63, 3.8) is 0 Å². The molecule has 0 aliphatic carbocycles. The molecule has 0 saturated heterocycles. The quantitative estimate of drug-likeness (QED) is 0.778. The molecule has 0 atom stereocenters. The topological polar surface area (TPSA) is 26.3 Å². The number of carbonyl (C=O) groups excluding carboxylic acids is 1. The van der Waals surface area contributed by atoms with E-state index in [2.05, 4.69) is 6.07 Å². The molecule has 0 N–H and O–H groups in total. The number of ketones is 1. The van der Waals surface area contributed by atoms with Crippen LogP contribution in [0.1, 0.15) is 25.7 Å². The van der Waals surface area contributed by atoms with Gasteiger partial charge in [-0.3, -0.25) is 4.79 Å². The SMILES string of the molecule is Cc1cc(C)cc(OCC(=O)c2ccc(C)s2)c1. The van der Waals surface area contributed by atoms with E-state index < -0.39 is 0 Å². The summed E-state index contributed by atoms with van der Waals surface area (Å²) in [6.45, 7) is 6.13. The van der Waals surface area contributed by atoms with Crippen LogP contribution in [0.15, 0.2) is 30.3 Å². The minimum atomic E-state index is 0.0345. The molecule has 94 valence electrons.